The second-order valence-electron chi connectivity index (χ2n) is 3.95. The molecule has 1 N–H and O–H groups in total. The van der Waals surface area contributed by atoms with Gasteiger partial charge >= 0.3 is 0 Å². The molecule has 0 aliphatic carbocycles. The minimum Gasteiger partial charge on any atom is -0.472 e. The largest absolute Gasteiger partial charge is 0.472 e. The van der Waals surface area contributed by atoms with Gasteiger partial charge in [0.15, 0.2) is 0 Å². The summed E-state index contributed by atoms with van der Waals surface area (Å²) in [7, 11) is 0. The Morgan fingerprint density at radius 1 is 1.19 bits per heavy atom. The van der Waals surface area contributed by atoms with E-state index in [1.807, 2.05) is 18.3 Å². The van der Waals surface area contributed by atoms with Crippen molar-refractivity contribution in [3.63, 3.8) is 0 Å². The minimum absolute atomic E-state index is 0.272. The van der Waals surface area contributed by atoms with Gasteiger partial charge in [-0.1, -0.05) is 6.07 Å². The summed E-state index contributed by atoms with van der Waals surface area (Å²) >= 11 is 0. The number of furan rings is 1. The van der Waals surface area contributed by atoms with Crippen molar-refractivity contribution in [2.45, 2.75) is 25.9 Å². The second kappa shape index (κ2) is 4.94. The molecular weight excluding hydrogens is 200 g/mol. The molecule has 0 saturated heterocycles. The first kappa shape index (κ1) is 10.9. The third-order valence-electron chi connectivity index (χ3n) is 2.73. The van der Waals surface area contributed by atoms with Gasteiger partial charge in [0.1, 0.15) is 0 Å². The third-order valence-corrected chi connectivity index (χ3v) is 2.73. The van der Waals surface area contributed by atoms with Crippen LogP contribution in [0.3, 0.4) is 0 Å². The molecule has 2 heterocycles. The number of nitrogens with zero attached hydrogens (tertiary/aromatic N) is 1. The number of pyridine rings is 1. The first-order valence-electron chi connectivity index (χ1n) is 5.45. The van der Waals surface area contributed by atoms with Crippen LogP contribution in [0.2, 0.25) is 0 Å². The number of aromatic nitrogens is 1. The topological polar surface area (TPSA) is 38.1 Å². The summed E-state index contributed by atoms with van der Waals surface area (Å²) in [6, 6.07) is 6.56. The highest BCUT2D eigenvalue weighted by Gasteiger charge is 2.11. The van der Waals surface area contributed by atoms with Crippen LogP contribution in [-0.2, 0) is 0 Å². The maximum atomic E-state index is 5.07. The lowest BCUT2D eigenvalue weighted by molar-refractivity contribution is 0.485. The molecule has 3 nitrogen and oxygen atoms in total. The van der Waals surface area contributed by atoms with Gasteiger partial charge in [-0.25, -0.2) is 0 Å². The quantitative estimate of drug-likeness (QED) is 0.853. The van der Waals surface area contributed by atoms with Crippen LogP contribution in [0.1, 0.15) is 37.1 Å². The van der Waals surface area contributed by atoms with Crippen LogP contribution in [0.5, 0.6) is 0 Å². The lowest BCUT2D eigenvalue weighted by Gasteiger charge is -2.19. The number of hydrogen-bond donors (Lipinski definition) is 1. The van der Waals surface area contributed by atoms with E-state index in [0.29, 0.717) is 0 Å². The summed E-state index contributed by atoms with van der Waals surface area (Å²) < 4.78 is 5.07. The SMILES string of the molecule is CC(NC(C)c1ccoc1)c1cccnc1. The average molecular weight is 216 g/mol. The third kappa shape index (κ3) is 2.49. The van der Waals surface area contributed by atoms with Gasteiger partial charge in [0, 0.05) is 30.0 Å². The van der Waals surface area contributed by atoms with Crippen molar-refractivity contribution >= 4 is 0 Å². The summed E-state index contributed by atoms with van der Waals surface area (Å²) in [5, 5.41) is 3.50. The van der Waals surface area contributed by atoms with E-state index in [1.54, 1.807) is 18.7 Å². The fraction of sp³-hybridized carbons (Fsp3) is 0.308. The van der Waals surface area contributed by atoms with E-state index in [1.165, 1.54) is 5.56 Å². The van der Waals surface area contributed by atoms with Gasteiger partial charge in [0.25, 0.3) is 0 Å². The number of nitrogens with one attached hydrogen (secondary N) is 1. The summed E-state index contributed by atoms with van der Waals surface area (Å²) in [6.45, 7) is 4.26. The van der Waals surface area contributed by atoms with E-state index in [0.717, 1.165) is 5.56 Å². The molecule has 2 aromatic heterocycles. The van der Waals surface area contributed by atoms with Crippen LogP contribution >= 0.6 is 0 Å². The summed E-state index contributed by atoms with van der Waals surface area (Å²) in [4.78, 5) is 4.12. The molecule has 0 fully saturated rings. The Hall–Kier alpha value is -1.61. The normalized spacial score (nSPS) is 14.6. The van der Waals surface area contributed by atoms with Crippen molar-refractivity contribution in [3.05, 3.63) is 54.2 Å². The predicted octanol–water partition coefficient (Wildman–Crippen LogP) is 3.09. The van der Waals surface area contributed by atoms with Crippen molar-refractivity contribution in [3.8, 4) is 0 Å². The maximum Gasteiger partial charge on any atom is 0.0950 e. The average Bonchev–Trinajstić information content (AvgIpc) is 2.83. The Labute approximate surface area is 95.5 Å². The van der Waals surface area contributed by atoms with Gasteiger partial charge in [-0.05, 0) is 31.5 Å². The van der Waals surface area contributed by atoms with Crippen LogP contribution in [-0.4, -0.2) is 4.98 Å². The molecule has 0 radical (unpaired) electrons. The van der Waals surface area contributed by atoms with Crippen LogP contribution in [0, 0.1) is 0 Å². The highest BCUT2D eigenvalue weighted by Crippen LogP contribution is 2.18. The van der Waals surface area contributed by atoms with Crippen molar-refractivity contribution in [1.29, 1.82) is 0 Å². The molecule has 0 saturated carbocycles. The first-order chi connectivity index (χ1) is 7.77. The van der Waals surface area contributed by atoms with Crippen molar-refractivity contribution in [2.75, 3.05) is 0 Å². The van der Waals surface area contributed by atoms with Gasteiger partial charge < -0.3 is 9.73 Å². The lowest BCUT2D eigenvalue weighted by atomic mass is 10.1. The van der Waals surface area contributed by atoms with E-state index in [2.05, 4.69) is 30.2 Å². The molecule has 0 spiro atoms. The fourth-order valence-electron chi connectivity index (χ4n) is 1.72. The van der Waals surface area contributed by atoms with Crippen LogP contribution in [0.25, 0.3) is 0 Å². The molecule has 16 heavy (non-hydrogen) atoms. The molecule has 3 heteroatoms. The van der Waals surface area contributed by atoms with E-state index >= 15 is 0 Å². The molecule has 2 atom stereocenters. The van der Waals surface area contributed by atoms with Crippen molar-refractivity contribution in [1.82, 2.24) is 10.3 Å². The molecule has 84 valence electrons. The Kier molecular flexibility index (Phi) is 3.37. The van der Waals surface area contributed by atoms with Gasteiger partial charge in [-0.15, -0.1) is 0 Å². The Morgan fingerprint density at radius 3 is 2.62 bits per heavy atom. The zero-order valence-corrected chi connectivity index (χ0v) is 9.55. The Bertz CT molecular complexity index is 411. The minimum atomic E-state index is 0.272. The van der Waals surface area contributed by atoms with Gasteiger partial charge in [-0.2, -0.15) is 0 Å². The maximum absolute atomic E-state index is 5.07. The Morgan fingerprint density at radius 2 is 2.00 bits per heavy atom. The highest BCUT2D eigenvalue weighted by atomic mass is 16.3. The van der Waals surface area contributed by atoms with Crippen LogP contribution in [0.15, 0.2) is 47.5 Å². The highest BCUT2D eigenvalue weighted by molar-refractivity contribution is 5.15. The molecule has 0 amide bonds. The van der Waals surface area contributed by atoms with E-state index < -0.39 is 0 Å². The molecule has 2 rings (SSSR count). The molecule has 2 aromatic rings. The molecule has 2 unspecified atom stereocenters. The number of hydrogen-bond acceptors (Lipinski definition) is 3. The zero-order chi connectivity index (χ0) is 11.4. The van der Waals surface area contributed by atoms with Crippen molar-refractivity contribution in [2.24, 2.45) is 0 Å². The zero-order valence-electron chi connectivity index (χ0n) is 9.55. The predicted molar refractivity (Wildman–Crippen MR) is 62.9 cm³/mol. The Balaban J connectivity index is 2.00. The molecule has 0 aliphatic heterocycles. The van der Waals surface area contributed by atoms with Gasteiger partial charge in [0.2, 0.25) is 0 Å². The van der Waals surface area contributed by atoms with E-state index in [-0.39, 0.29) is 12.1 Å². The van der Waals surface area contributed by atoms with Gasteiger partial charge in [-0.3, -0.25) is 4.98 Å². The molecular formula is C13H16N2O. The van der Waals surface area contributed by atoms with Crippen molar-refractivity contribution < 1.29 is 4.42 Å². The first-order valence-corrected chi connectivity index (χ1v) is 5.45. The molecule has 0 aromatic carbocycles. The van der Waals surface area contributed by atoms with E-state index in [4.69, 9.17) is 4.42 Å². The number of rotatable bonds is 4. The second-order valence-corrected chi connectivity index (χ2v) is 3.95. The fourth-order valence-corrected chi connectivity index (χ4v) is 1.72. The molecule has 0 aliphatic rings. The smallest absolute Gasteiger partial charge is 0.0950 e. The summed E-state index contributed by atoms with van der Waals surface area (Å²) in [5.41, 5.74) is 2.36. The monoisotopic (exact) mass is 216 g/mol. The summed E-state index contributed by atoms with van der Waals surface area (Å²) in [6.07, 6.45) is 7.14. The summed E-state index contributed by atoms with van der Waals surface area (Å²) in [5.74, 6) is 0. The molecule has 0 bridgehead atoms. The van der Waals surface area contributed by atoms with Crippen LogP contribution in [0.4, 0.5) is 0 Å². The van der Waals surface area contributed by atoms with E-state index in [9.17, 15) is 0 Å². The van der Waals surface area contributed by atoms with Gasteiger partial charge in [0.05, 0.1) is 12.5 Å². The lowest BCUT2D eigenvalue weighted by Crippen LogP contribution is -2.22. The van der Waals surface area contributed by atoms with Crippen LogP contribution < -0.4 is 5.32 Å². The standard InChI is InChI=1S/C13H16N2O/c1-10(12-4-3-6-14-8-12)15-11(2)13-5-7-16-9-13/h3-11,15H,1-2H3.